The molecule has 2 aliphatic heterocycles. The number of piperidine rings is 1. The third kappa shape index (κ3) is 3.42. The molecule has 1 spiro atoms. The van der Waals surface area contributed by atoms with Gasteiger partial charge in [-0.1, -0.05) is 11.6 Å². The summed E-state index contributed by atoms with van der Waals surface area (Å²) in [5, 5.41) is 4.55. The lowest BCUT2D eigenvalue weighted by molar-refractivity contribution is -0.146. The summed E-state index contributed by atoms with van der Waals surface area (Å²) in [6, 6.07) is 0. The van der Waals surface area contributed by atoms with Gasteiger partial charge in [0, 0.05) is 39.5 Å². The Hall–Kier alpha value is -1.60. The van der Waals surface area contributed by atoms with E-state index in [2.05, 4.69) is 5.10 Å². The molecule has 2 amide bonds. The predicted molar refractivity (Wildman–Crippen MR) is 88.6 cm³/mol. The maximum absolute atomic E-state index is 12.9. The maximum Gasteiger partial charge on any atom is 0.244 e. The Bertz CT molecular complexity index is 620. The highest BCUT2D eigenvalue weighted by Crippen LogP contribution is 2.40. The molecule has 2 saturated heterocycles. The number of carbonyl (C=O) groups excluding carboxylic acids is 2. The first kappa shape index (κ1) is 17.2. The van der Waals surface area contributed by atoms with E-state index < -0.39 is 5.41 Å². The van der Waals surface area contributed by atoms with Crippen LogP contribution < -0.4 is 0 Å². The fraction of sp³-hybridized carbons (Fsp3) is 0.688. The largest absolute Gasteiger partial charge is 0.383 e. The summed E-state index contributed by atoms with van der Waals surface area (Å²) in [7, 11) is 1.64. The molecule has 0 saturated carbocycles. The summed E-state index contributed by atoms with van der Waals surface area (Å²) in [6.45, 7) is 3.23. The van der Waals surface area contributed by atoms with Gasteiger partial charge in [-0.3, -0.25) is 14.3 Å². The van der Waals surface area contributed by atoms with Crippen molar-refractivity contribution in [2.75, 3.05) is 39.9 Å². The van der Waals surface area contributed by atoms with Gasteiger partial charge in [0.1, 0.15) is 6.54 Å². The van der Waals surface area contributed by atoms with Crippen molar-refractivity contribution in [1.29, 1.82) is 0 Å². The minimum Gasteiger partial charge on any atom is -0.383 e. The molecule has 3 heterocycles. The maximum atomic E-state index is 12.9. The number of amides is 2. The molecule has 0 bridgehead atoms. The molecule has 0 radical (unpaired) electrons. The second kappa shape index (κ2) is 7.11. The lowest BCUT2D eigenvalue weighted by Gasteiger charge is -2.39. The summed E-state index contributed by atoms with van der Waals surface area (Å²) < 4.78 is 6.62. The average molecular weight is 355 g/mol. The summed E-state index contributed by atoms with van der Waals surface area (Å²) in [4.78, 5) is 29.0. The van der Waals surface area contributed by atoms with E-state index in [1.165, 1.54) is 10.9 Å². The zero-order valence-corrected chi connectivity index (χ0v) is 14.7. The average Bonchev–Trinajstić information content (AvgIpc) is 3.16. The standard InChI is InChI=1S/C16H23ClN4O3/c1-24-8-7-19-5-2-3-16(15(19)23)4-6-20(12-16)14(22)11-21-10-13(17)9-18-21/h9-10H,2-8,11-12H2,1H3/t16-/m0/s1. The van der Waals surface area contributed by atoms with Crippen LogP contribution in [0.15, 0.2) is 12.4 Å². The van der Waals surface area contributed by atoms with E-state index in [1.54, 1.807) is 18.2 Å². The lowest BCUT2D eigenvalue weighted by atomic mass is 9.78. The Morgan fingerprint density at radius 2 is 2.25 bits per heavy atom. The smallest absolute Gasteiger partial charge is 0.244 e. The summed E-state index contributed by atoms with van der Waals surface area (Å²) in [5.74, 6) is 0.150. The van der Waals surface area contributed by atoms with Gasteiger partial charge in [-0.2, -0.15) is 5.10 Å². The molecule has 1 atom stereocenters. The topological polar surface area (TPSA) is 67.7 Å². The normalized spacial score (nSPS) is 24.2. The molecule has 24 heavy (non-hydrogen) atoms. The third-order valence-electron chi connectivity index (χ3n) is 5.00. The van der Waals surface area contributed by atoms with Crippen LogP contribution in [-0.4, -0.2) is 71.3 Å². The first-order valence-electron chi connectivity index (χ1n) is 8.28. The van der Waals surface area contributed by atoms with Crippen LogP contribution in [0, 0.1) is 5.41 Å². The van der Waals surface area contributed by atoms with E-state index in [-0.39, 0.29) is 18.4 Å². The highest BCUT2D eigenvalue weighted by Gasteiger charge is 2.49. The van der Waals surface area contributed by atoms with Crippen LogP contribution in [0.1, 0.15) is 19.3 Å². The Morgan fingerprint density at radius 3 is 2.96 bits per heavy atom. The number of carbonyl (C=O) groups is 2. The lowest BCUT2D eigenvalue weighted by Crippen LogP contribution is -2.51. The van der Waals surface area contributed by atoms with Crippen LogP contribution in [0.25, 0.3) is 0 Å². The van der Waals surface area contributed by atoms with E-state index in [4.69, 9.17) is 16.3 Å². The quantitative estimate of drug-likeness (QED) is 0.792. The molecule has 0 aromatic carbocycles. The van der Waals surface area contributed by atoms with Crippen LogP contribution >= 0.6 is 11.6 Å². The van der Waals surface area contributed by atoms with Crippen molar-refractivity contribution < 1.29 is 14.3 Å². The Kier molecular flexibility index (Phi) is 5.10. The van der Waals surface area contributed by atoms with Crippen molar-refractivity contribution in [3.63, 3.8) is 0 Å². The monoisotopic (exact) mass is 354 g/mol. The second-order valence-corrected chi connectivity index (χ2v) is 7.03. The number of ether oxygens (including phenoxy) is 1. The van der Waals surface area contributed by atoms with Gasteiger partial charge in [0.05, 0.1) is 23.2 Å². The minimum atomic E-state index is -0.413. The molecule has 2 aliphatic rings. The van der Waals surface area contributed by atoms with E-state index >= 15 is 0 Å². The highest BCUT2D eigenvalue weighted by molar-refractivity contribution is 6.30. The van der Waals surface area contributed by atoms with Crippen molar-refractivity contribution in [3.05, 3.63) is 17.4 Å². The molecule has 0 N–H and O–H groups in total. The molecule has 132 valence electrons. The fourth-order valence-electron chi connectivity index (χ4n) is 3.69. The Balaban J connectivity index is 1.62. The fourth-order valence-corrected chi connectivity index (χ4v) is 3.85. The van der Waals surface area contributed by atoms with Gasteiger partial charge in [0.25, 0.3) is 0 Å². The summed E-state index contributed by atoms with van der Waals surface area (Å²) >= 11 is 5.83. The molecular formula is C16H23ClN4O3. The van der Waals surface area contributed by atoms with E-state index in [9.17, 15) is 9.59 Å². The number of nitrogens with zero attached hydrogens (tertiary/aromatic N) is 4. The van der Waals surface area contributed by atoms with Crippen molar-refractivity contribution in [2.45, 2.75) is 25.8 Å². The van der Waals surface area contributed by atoms with Crippen molar-refractivity contribution >= 4 is 23.4 Å². The SMILES string of the molecule is COCCN1CCC[C@@]2(CCN(C(=O)Cn3cc(Cl)cn3)C2)C1=O. The van der Waals surface area contributed by atoms with E-state index in [1.807, 2.05) is 4.90 Å². The van der Waals surface area contributed by atoms with Gasteiger partial charge in [-0.05, 0) is 19.3 Å². The van der Waals surface area contributed by atoms with E-state index in [0.717, 1.165) is 25.8 Å². The summed E-state index contributed by atoms with van der Waals surface area (Å²) in [5.41, 5.74) is -0.413. The van der Waals surface area contributed by atoms with Crippen LogP contribution in [0.4, 0.5) is 0 Å². The highest BCUT2D eigenvalue weighted by atomic mass is 35.5. The molecule has 0 unspecified atom stereocenters. The number of aromatic nitrogens is 2. The van der Waals surface area contributed by atoms with Crippen LogP contribution in [0.5, 0.6) is 0 Å². The van der Waals surface area contributed by atoms with Crippen molar-refractivity contribution in [3.8, 4) is 0 Å². The Morgan fingerprint density at radius 1 is 1.42 bits per heavy atom. The van der Waals surface area contributed by atoms with Gasteiger partial charge in [0.15, 0.2) is 0 Å². The number of likely N-dealkylation sites (tertiary alicyclic amines) is 2. The molecule has 1 aromatic heterocycles. The van der Waals surface area contributed by atoms with Crippen LogP contribution in [-0.2, 0) is 20.9 Å². The molecule has 0 aliphatic carbocycles. The molecule has 3 rings (SSSR count). The summed E-state index contributed by atoms with van der Waals surface area (Å²) in [6.07, 6.45) is 5.71. The van der Waals surface area contributed by atoms with Crippen LogP contribution in [0.2, 0.25) is 5.02 Å². The van der Waals surface area contributed by atoms with Gasteiger partial charge < -0.3 is 14.5 Å². The molecule has 1 aromatic rings. The number of rotatable bonds is 5. The number of hydrogen-bond donors (Lipinski definition) is 0. The molecule has 7 nitrogen and oxygen atoms in total. The Labute approximate surface area is 146 Å². The first-order chi connectivity index (χ1) is 11.5. The minimum absolute atomic E-state index is 0.0199. The van der Waals surface area contributed by atoms with E-state index in [0.29, 0.717) is 31.3 Å². The molecule has 8 heteroatoms. The molecule has 2 fully saturated rings. The van der Waals surface area contributed by atoms with Crippen LogP contribution in [0.3, 0.4) is 0 Å². The second-order valence-electron chi connectivity index (χ2n) is 6.59. The zero-order chi connectivity index (χ0) is 17.2. The predicted octanol–water partition coefficient (Wildman–Crippen LogP) is 1.02. The number of hydrogen-bond acceptors (Lipinski definition) is 4. The van der Waals surface area contributed by atoms with Gasteiger partial charge in [-0.25, -0.2) is 0 Å². The first-order valence-corrected chi connectivity index (χ1v) is 8.66. The zero-order valence-electron chi connectivity index (χ0n) is 13.9. The third-order valence-corrected chi connectivity index (χ3v) is 5.19. The van der Waals surface area contributed by atoms with Crippen molar-refractivity contribution in [2.24, 2.45) is 5.41 Å². The van der Waals surface area contributed by atoms with Gasteiger partial charge in [-0.15, -0.1) is 0 Å². The van der Waals surface area contributed by atoms with Crippen molar-refractivity contribution in [1.82, 2.24) is 19.6 Å². The van der Waals surface area contributed by atoms with Gasteiger partial charge in [0.2, 0.25) is 11.8 Å². The number of halogens is 1. The number of methoxy groups -OCH3 is 1. The van der Waals surface area contributed by atoms with Gasteiger partial charge >= 0.3 is 0 Å². The molecular weight excluding hydrogens is 332 g/mol.